The Morgan fingerprint density at radius 2 is 2.10 bits per heavy atom. The van der Waals surface area contributed by atoms with E-state index in [1.54, 1.807) is 14.0 Å². The molecule has 0 unspecified atom stereocenters. The van der Waals surface area contributed by atoms with Gasteiger partial charge in [-0.2, -0.15) is 4.98 Å². The molecule has 0 N–H and O–H groups in total. The second-order valence-corrected chi connectivity index (χ2v) is 4.22. The lowest BCUT2D eigenvalue weighted by Crippen LogP contribution is -2.31. The Morgan fingerprint density at radius 1 is 1.40 bits per heavy atom. The van der Waals surface area contributed by atoms with Gasteiger partial charge in [-0.3, -0.25) is 4.79 Å². The monoisotopic (exact) mass is 279 g/mol. The minimum Gasteiger partial charge on any atom is -0.484 e. The van der Waals surface area contributed by atoms with Crippen LogP contribution in [0.5, 0.6) is 5.75 Å². The van der Waals surface area contributed by atoms with Gasteiger partial charge < -0.3 is 14.2 Å². The predicted octanol–water partition coefficient (Wildman–Crippen LogP) is 1.55. The van der Waals surface area contributed by atoms with Gasteiger partial charge in [-0.15, -0.1) is 0 Å². The number of ether oxygens (including phenoxy) is 1. The summed E-state index contributed by atoms with van der Waals surface area (Å²) in [7, 11) is 1.61. The number of rotatable bonds is 5. The molecule has 0 spiro atoms. The van der Waals surface area contributed by atoms with Crippen molar-refractivity contribution in [1.82, 2.24) is 15.0 Å². The Kier molecular flexibility index (Phi) is 4.29. The molecule has 0 saturated heterocycles. The molecule has 1 aromatic carbocycles. The fraction of sp³-hybridized carbons (Fsp3) is 0.308. The van der Waals surface area contributed by atoms with Crippen LogP contribution in [0.2, 0.25) is 0 Å². The van der Waals surface area contributed by atoms with Gasteiger partial charge in [0.05, 0.1) is 6.54 Å². The first-order chi connectivity index (χ1) is 9.54. The molecule has 0 aliphatic heterocycles. The molecule has 0 bridgehead atoms. The highest BCUT2D eigenvalue weighted by atomic mass is 19.1. The minimum absolute atomic E-state index is 0.140. The van der Waals surface area contributed by atoms with E-state index in [1.807, 2.05) is 0 Å². The Labute approximate surface area is 115 Å². The predicted molar refractivity (Wildman–Crippen MR) is 67.4 cm³/mol. The summed E-state index contributed by atoms with van der Waals surface area (Å²) in [6.45, 7) is 1.78. The number of hydrogen-bond donors (Lipinski definition) is 0. The summed E-state index contributed by atoms with van der Waals surface area (Å²) in [5, 5.41) is 3.70. The second kappa shape index (κ2) is 6.14. The molecule has 0 fully saturated rings. The standard InChI is InChI=1S/C13H14FN3O3/c1-9-15-12(16-20-9)7-17(2)13(18)8-19-11-5-3-10(14)4-6-11/h3-6H,7-8H2,1-2H3. The van der Waals surface area contributed by atoms with Crippen molar-refractivity contribution in [1.29, 1.82) is 0 Å². The molecule has 0 radical (unpaired) electrons. The van der Waals surface area contributed by atoms with Crippen molar-refractivity contribution in [2.24, 2.45) is 0 Å². The third kappa shape index (κ3) is 3.78. The van der Waals surface area contributed by atoms with Gasteiger partial charge >= 0.3 is 0 Å². The Morgan fingerprint density at radius 3 is 2.70 bits per heavy atom. The zero-order valence-corrected chi connectivity index (χ0v) is 11.2. The van der Waals surface area contributed by atoms with Crippen LogP contribution in [0.1, 0.15) is 11.7 Å². The van der Waals surface area contributed by atoms with E-state index in [0.29, 0.717) is 17.5 Å². The molecule has 20 heavy (non-hydrogen) atoms. The number of aryl methyl sites for hydroxylation is 1. The fourth-order valence-corrected chi connectivity index (χ4v) is 1.49. The van der Waals surface area contributed by atoms with Crippen LogP contribution in [0.25, 0.3) is 0 Å². The lowest BCUT2D eigenvalue weighted by Gasteiger charge is -2.15. The van der Waals surface area contributed by atoms with Crippen molar-refractivity contribution < 1.29 is 18.4 Å². The van der Waals surface area contributed by atoms with Crippen LogP contribution in [-0.4, -0.2) is 34.6 Å². The number of halogens is 1. The normalized spacial score (nSPS) is 10.3. The van der Waals surface area contributed by atoms with Crippen LogP contribution >= 0.6 is 0 Å². The molecule has 6 nitrogen and oxygen atoms in total. The molecule has 1 amide bonds. The lowest BCUT2D eigenvalue weighted by molar-refractivity contribution is -0.132. The third-order valence-corrected chi connectivity index (χ3v) is 2.55. The van der Waals surface area contributed by atoms with Crippen molar-refractivity contribution >= 4 is 5.91 Å². The molecule has 0 atom stereocenters. The summed E-state index contributed by atoms with van der Waals surface area (Å²) in [6.07, 6.45) is 0. The number of likely N-dealkylation sites (N-methyl/N-ethyl adjacent to an activating group) is 1. The van der Waals surface area contributed by atoms with Gasteiger partial charge in [0, 0.05) is 14.0 Å². The van der Waals surface area contributed by atoms with Crippen LogP contribution in [0.3, 0.4) is 0 Å². The van der Waals surface area contributed by atoms with E-state index in [0.717, 1.165) is 0 Å². The molecule has 7 heteroatoms. The number of aromatic nitrogens is 2. The number of nitrogens with zero attached hydrogens (tertiary/aromatic N) is 3. The first-order valence-corrected chi connectivity index (χ1v) is 5.96. The summed E-state index contributed by atoms with van der Waals surface area (Å²) >= 11 is 0. The average molecular weight is 279 g/mol. The zero-order chi connectivity index (χ0) is 14.5. The van der Waals surface area contributed by atoms with Gasteiger partial charge in [0.15, 0.2) is 12.4 Å². The lowest BCUT2D eigenvalue weighted by atomic mass is 10.3. The van der Waals surface area contributed by atoms with E-state index in [9.17, 15) is 9.18 Å². The number of hydrogen-bond acceptors (Lipinski definition) is 5. The molecule has 1 heterocycles. The number of amides is 1. The van der Waals surface area contributed by atoms with Crippen molar-refractivity contribution in [3.05, 3.63) is 41.8 Å². The van der Waals surface area contributed by atoms with Gasteiger partial charge in [0.25, 0.3) is 5.91 Å². The Bertz CT molecular complexity index is 583. The minimum atomic E-state index is -0.353. The van der Waals surface area contributed by atoms with Crippen LogP contribution in [0, 0.1) is 12.7 Å². The van der Waals surface area contributed by atoms with E-state index in [4.69, 9.17) is 9.26 Å². The van der Waals surface area contributed by atoms with Gasteiger partial charge in [-0.1, -0.05) is 5.16 Å². The molecule has 106 valence electrons. The molecular weight excluding hydrogens is 265 g/mol. The summed E-state index contributed by atoms with van der Waals surface area (Å²) in [5.74, 6) is 0.720. The maximum absolute atomic E-state index is 12.7. The van der Waals surface area contributed by atoms with Gasteiger partial charge in [0.2, 0.25) is 5.89 Å². The van der Waals surface area contributed by atoms with Crippen molar-refractivity contribution in [2.45, 2.75) is 13.5 Å². The molecule has 0 aliphatic rings. The maximum Gasteiger partial charge on any atom is 0.260 e. The van der Waals surface area contributed by atoms with E-state index < -0.39 is 0 Å². The van der Waals surface area contributed by atoms with Crippen LogP contribution in [-0.2, 0) is 11.3 Å². The zero-order valence-electron chi connectivity index (χ0n) is 11.2. The highest BCUT2D eigenvalue weighted by Crippen LogP contribution is 2.11. The smallest absolute Gasteiger partial charge is 0.260 e. The summed E-state index contributed by atoms with van der Waals surface area (Å²) in [4.78, 5) is 17.3. The molecule has 2 aromatic rings. The first kappa shape index (κ1) is 14.0. The fourth-order valence-electron chi connectivity index (χ4n) is 1.49. The number of benzene rings is 1. The van der Waals surface area contributed by atoms with Crippen LogP contribution < -0.4 is 4.74 Å². The summed E-state index contributed by atoms with van der Waals surface area (Å²) in [6, 6.07) is 5.47. The van der Waals surface area contributed by atoms with Crippen LogP contribution in [0.4, 0.5) is 4.39 Å². The van der Waals surface area contributed by atoms with E-state index in [1.165, 1.54) is 29.2 Å². The molecule has 1 aromatic heterocycles. The largest absolute Gasteiger partial charge is 0.484 e. The highest BCUT2D eigenvalue weighted by Gasteiger charge is 2.13. The maximum atomic E-state index is 12.7. The summed E-state index contributed by atoms with van der Waals surface area (Å²) < 4.78 is 22.8. The number of carbonyl (C=O) groups excluding carboxylic acids is 1. The van der Waals surface area contributed by atoms with Crippen molar-refractivity contribution in [2.75, 3.05) is 13.7 Å². The van der Waals surface area contributed by atoms with Crippen molar-refractivity contribution in [3.8, 4) is 5.75 Å². The second-order valence-electron chi connectivity index (χ2n) is 4.22. The van der Waals surface area contributed by atoms with E-state index >= 15 is 0 Å². The highest BCUT2D eigenvalue weighted by molar-refractivity contribution is 5.77. The molecule has 0 aliphatic carbocycles. The third-order valence-electron chi connectivity index (χ3n) is 2.55. The van der Waals surface area contributed by atoms with E-state index in [-0.39, 0.29) is 24.9 Å². The van der Waals surface area contributed by atoms with Gasteiger partial charge in [-0.25, -0.2) is 4.39 Å². The SMILES string of the molecule is Cc1nc(CN(C)C(=O)COc2ccc(F)cc2)no1. The molecular formula is C13H14FN3O3. The van der Waals surface area contributed by atoms with Crippen LogP contribution in [0.15, 0.2) is 28.8 Å². The number of carbonyl (C=O) groups is 1. The molecule has 0 saturated carbocycles. The first-order valence-electron chi connectivity index (χ1n) is 5.96. The average Bonchev–Trinajstić information content (AvgIpc) is 2.83. The van der Waals surface area contributed by atoms with Gasteiger partial charge in [0.1, 0.15) is 11.6 Å². The molecule has 2 rings (SSSR count). The van der Waals surface area contributed by atoms with Crippen molar-refractivity contribution in [3.63, 3.8) is 0 Å². The quantitative estimate of drug-likeness (QED) is 0.830. The van der Waals surface area contributed by atoms with Gasteiger partial charge in [-0.05, 0) is 24.3 Å². The van der Waals surface area contributed by atoms with E-state index in [2.05, 4.69) is 10.1 Å². The Balaban J connectivity index is 1.83. The topological polar surface area (TPSA) is 68.5 Å². The Hall–Kier alpha value is -2.44. The summed E-state index contributed by atoms with van der Waals surface area (Å²) in [5.41, 5.74) is 0.